The summed E-state index contributed by atoms with van der Waals surface area (Å²) >= 11 is 2.32. The summed E-state index contributed by atoms with van der Waals surface area (Å²) in [5.41, 5.74) is 0. The van der Waals surface area contributed by atoms with E-state index in [0.29, 0.717) is 0 Å². The molecule has 0 atom stereocenters. The molecular weight excluding hydrogens is 235 g/mol. The summed E-state index contributed by atoms with van der Waals surface area (Å²) < 4.78 is 2.36. The average Bonchev–Trinajstić information content (AvgIpc) is 1.90. The quantitative estimate of drug-likeness (QED) is 0.544. The first-order valence-electron chi connectivity index (χ1n) is 2.68. The van der Waals surface area contributed by atoms with Crippen molar-refractivity contribution >= 4 is 30.3 Å². The Bertz CT molecular complexity index is 65.1. The highest BCUT2D eigenvalue weighted by Gasteiger charge is 2.06. The van der Waals surface area contributed by atoms with Crippen LogP contribution in [0.15, 0.2) is 0 Å². The average molecular weight is 244 g/mol. The van der Waals surface area contributed by atoms with Crippen molar-refractivity contribution in [2.75, 3.05) is 26.2 Å². The van der Waals surface area contributed by atoms with Gasteiger partial charge in [0.15, 0.2) is 0 Å². The van der Waals surface area contributed by atoms with Gasteiger partial charge in [0, 0.05) is 47.4 Å². The number of piperazine rings is 1. The molecule has 0 aromatic heterocycles. The molecule has 1 aliphatic heterocycles. The zero-order valence-electron chi connectivity index (χ0n) is 4.56. The highest BCUT2D eigenvalue weighted by molar-refractivity contribution is 14.2. The van der Waals surface area contributed by atoms with Crippen LogP contribution in [0.1, 0.15) is 0 Å². The van der Waals surface area contributed by atoms with Crippen LogP contribution in [0.5, 0.6) is 0 Å². The van der Waals surface area contributed by atoms with Gasteiger partial charge >= 0.3 is 0 Å². The summed E-state index contributed by atoms with van der Waals surface area (Å²) in [6, 6.07) is 0. The van der Waals surface area contributed by atoms with Gasteiger partial charge in [0.25, 0.3) is 0 Å². The molecule has 1 N–H and O–H groups in total. The lowest BCUT2D eigenvalue weighted by Crippen LogP contribution is -2.39. The van der Waals surface area contributed by atoms with Crippen LogP contribution in [0.2, 0.25) is 0 Å². The number of rotatable bonds is 1. The highest BCUT2D eigenvalue weighted by atomic mass is 127. The Labute approximate surface area is 66.1 Å². The topological polar surface area (TPSA) is 15.3 Å². The maximum Gasteiger partial charge on any atom is 0.0223 e. The van der Waals surface area contributed by atoms with Gasteiger partial charge < -0.3 is 5.32 Å². The van der Waals surface area contributed by atoms with Crippen molar-refractivity contribution in [1.29, 1.82) is 0 Å². The first kappa shape index (κ1) is 7.11. The van der Waals surface area contributed by atoms with Crippen LogP contribution in [0.3, 0.4) is 0 Å². The smallest absolute Gasteiger partial charge is 0.0223 e. The Kier molecular flexibility index (Phi) is 3.48. The van der Waals surface area contributed by atoms with Gasteiger partial charge in [-0.05, 0) is 9.12 Å². The van der Waals surface area contributed by atoms with Crippen molar-refractivity contribution in [1.82, 2.24) is 9.62 Å². The number of hydrogen-bond donors (Lipinski definition) is 1. The lowest BCUT2D eigenvalue weighted by Gasteiger charge is -2.22. The van der Waals surface area contributed by atoms with Crippen LogP contribution in [0.4, 0.5) is 0 Å². The van der Waals surface area contributed by atoms with E-state index in [2.05, 4.69) is 30.8 Å². The second-order valence-electron chi connectivity index (χ2n) is 1.75. The molecule has 0 spiro atoms. The molecular formula is C4H9IN2S. The lowest BCUT2D eigenvalue weighted by atomic mass is 10.4. The monoisotopic (exact) mass is 244 g/mol. The minimum atomic E-state index is 1.15. The molecule has 48 valence electrons. The lowest BCUT2D eigenvalue weighted by molar-refractivity contribution is 0.400. The van der Waals surface area contributed by atoms with Crippen LogP contribution in [-0.4, -0.2) is 30.5 Å². The normalized spacial score (nSPS) is 23.6. The van der Waals surface area contributed by atoms with Gasteiger partial charge in [-0.1, -0.05) is 0 Å². The maximum atomic E-state index is 3.29. The van der Waals surface area contributed by atoms with Crippen molar-refractivity contribution in [2.45, 2.75) is 0 Å². The Hall–Kier alpha value is 1.00. The fourth-order valence-corrected chi connectivity index (χ4v) is 2.22. The molecule has 1 aliphatic rings. The molecule has 0 radical (unpaired) electrons. The maximum absolute atomic E-state index is 3.29. The molecule has 0 aliphatic carbocycles. The molecule has 4 heteroatoms. The second kappa shape index (κ2) is 3.92. The molecule has 0 saturated carbocycles. The van der Waals surface area contributed by atoms with Crippen molar-refractivity contribution in [3.8, 4) is 0 Å². The van der Waals surface area contributed by atoms with E-state index in [-0.39, 0.29) is 0 Å². The Morgan fingerprint density at radius 3 is 2.38 bits per heavy atom. The largest absolute Gasteiger partial charge is 0.314 e. The predicted octanol–water partition coefficient (Wildman–Crippen LogP) is 0.890. The molecule has 8 heavy (non-hydrogen) atoms. The SMILES string of the molecule is ISN1CCNCC1. The van der Waals surface area contributed by atoms with E-state index in [1.54, 1.807) is 0 Å². The first-order chi connectivity index (χ1) is 3.93. The zero-order valence-corrected chi connectivity index (χ0v) is 7.54. The van der Waals surface area contributed by atoms with Crippen molar-refractivity contribution < 1.29 is 0 Å². The van der Waals surface area contributed by atoms with Gasteiger partial charge in [0.2, 0.25) is 0 Å². The molecule has 0 aromatic carbocycles. The molecule has 0 bridgehead atoms. The number of nitrogens with one attached hydrogen (secondary N) is 1. The molecule has 0 aromatic rings. The summed E-state index contributed by atoms with van der Waals surface area (Å²) in [5.74, 6) is 0. The molecule has 1 fully saturated rings. The Morgan fingerprint density at radius 1 is 1.38 bits per heavy atom. The van der Waals surface area contributed by atoms with E-state index < -0.39 is 0 Å². The van der Waals surface area contributed by atoms with Gasteiger partial charge in [-0.25, -0.2) is 4.31 Å². The number of halogens is 1. The molecule has 1 saturated heterocycles. The third kappa shape index (κ3) is 2.08. The number of nitrogens with zero attached hydrogens (tertiary/aromatic N) is 1. The van der Waals surface area contributed by atoms with E-state index in [0.717, 1.165) is 13.1 Å². The Balaban J connectivity index is 2.13. The van der Waals surface area contributed by atoms with Crippen molar-refractivity contribution in [3.63, 3.8) is 0 Å². The van der Waals surface area contributed by atoms with Crippen LogP contribution >= 0.6 is 30.3 Å². The summed E-state index contributed by atoms with van der Waals surface area (Å²) in [6.07, 6.45) is 0. The molecule has 1 rings (SSSR count). The van der Waals surface area contributed by atoms with Gasteiger partial charge in [-0.2, -0.15) is 0 Å². The summed E-state index contributed by atoms with van der Waals surface area (Å²) in [6.45, 7) is 4.67. The fourth-order valence-electron chi connectivity index (χ4n) is 0.713. The summed E-state index contributed by atoms with van der Waals surface area (Å²) in [5, 5.41) is 3.29. The first-order valence-corrected chi connectivity index (χ1v) is 5.99. The standard InChI is InChI=1S/C4H9IN2S/c5-8-7-3-1-6-2-4-7/h6H,1-4H2. The van der Waals surface area contributed by atoms with Crippen LogP contribution in [0.25, 0.3) is 0 Å². The van der Waals surface area contributed by atoms with Gasteiger partial charge in [-0.3, -0.25) is 0 Å². The fraction of sp³-hybridized carbons (Fsp3) is 1.00. The third-order valence-corrected chi connectivity index (χ3v) is 3.41. The van der Waals surface area contributed by atoms with Gasteiger partial charge in [-0.15, -0.1) is 0 Å². The van der Waals surface area contributed by atoms with E-state index in [1.165, 1.54) is 13.1 Å². The zero-order chi connectivity index (χ0) is 5.82. The third-order valence-electron chi connectivity index (χ3n) is 1.17. The van der Waals surface area contributed by atoms with Crippen molar-refractivity contribution in [3.05, 3.63) is 0 Å². The van der Waals surface area contributed by atoms with E-state index >= 15 is 0 Å². The molecule has 1 heterocycles. The minimum absolute atomic E-state index is 1.15. The molecule has 2 nitrogen and oxygen atoms in total. The highest BCUT2D eigenvalue weighted by Crippen LogP contribution is 2.17. The predicted molar refractivity (Wildman–Crippen MR) is 46.1 cm³/mol. The Morgan fingerprint density at radius 2 is 2.00 bits per heavy atom. The second-order valence-corrected chi connectivity index (χ2v) is 3.58. The van der Waals surface area contributed by atoms with Crippen LogP contribution in [0, 0.1) is 0 Å². The van der Waals surface area contributed by atoms with Crippen LogP contribution in [-0.2, 0) is 0 Å². The van der Waals surface area contributed by atoms with E-state index in [9.17, 15) is 0 Å². The number of hydrogen-bond acceptors (Lipinski definition) is 3. The van der Waals surface area contributed by atoms with Gasteiger partial charge in [0.1, 0.15) is 0 Å². The summed E-state index contributed by atoms with van der Waals surface area (Å²) in [7, 11) is 1.81. The minimum Gasteiger partial charge on any atom is -0.314 e. The van der Waals surface area contributed by atoms with Crippen molar-refractivity contribution in [2.24, 2.45) is 0 Å². The van der Waals surface area contributed by atoms with E-state index in [1.807, 2.05) is 9.12 Å². The van der Waals surface area contributed by atoms with Crippen LogP contribution < -0.4 is 5.32 Å². The van der Waals surface area contributed by atoms with Gasteiger partial charge in [0.05, 0.1) is 0 Å². The molecule has 0 amide bonds. The van der Waals surface area contributed by atoms with E-state index in [4.69, 9.17) is 0 Å². The summed E-state index contributed by atoms with van der Waals surface area (Å²) in [4.78, 5) is 0. The molecule has 0 unspecified atom stereocenters.